The van der Waals surface area contributed by atoms with Gasteiger partial charge in [0.15, 0.2) is 6.61 Å². The van der Waals surface area contributed by atoms with Crippen LogP contribution in [0.15, 0.2) is 24.3 Å². The van der Waals surface area contributed by atoms with Gasteiger partial charge in [-0.05, 0) is 43.7 Å². The molecule has 0 unspecified atom stereocenters. The van der Waals surface area contributed by atoms with Gasteiger partial charge in [-0.3, -0.25) is 9.52 Å². The third-order valence-corrected chi connectivity index (χ3v) is 4.75. The molecule has 0 heterocycles. The molecular formula is C17H24N2O5S. The molecule has 7 nitrogen and oxygen atoms in total. The van der Waals surface area contributed by atoms with Crippen molar-refractivity contribution in [1.82, 2.24) is 5.32 Å². The van der Waals surface area contributed by atoms with E-state index in [1.165, 1.54) is 12.1 Å². The van der Waals surface area contributed by atoms with Crippen molar-refractivity contribution >= 4 is 27.6 Å². The Kier molecular flexibility index (Phi) is 6.41. The summed E-state index contributed by atoms with van der Waals surface area (Å²) in [5.41, 5.74) is 0.184. The largest absolute Gasteiger partial charge is 0.452 e. The highest BCUT2D eigenvalue weighted by Crippen LogP contribution is 2.23. The number of rotatable bonds is 6. The average molecular weight is 368 g/mol. The number of ether oxygens (including phenoxy) is 1. The maximum atomic E-state index is 12.2. The van der Waals surface area contributed by atoms with Crippen molar-refractivity contribution in [1.29, 1.82) is 0 Å². The second-order valence-corrected chi connectivity index (χ2v) is 8.27. The highest BCUT2D eigenvalue weighted by Gasteiger charge is 2.21. The first-order valence-corrected chi connectivity index (χ1v) is 10.2. The number of sulfonamides is 1. The van der Waals surface area contributed by atoms with Crippen molar-refractivity contribution < 1.29 is 22.7 Å². The topological polar surface area (TPSA) is 102 Å². The molecule has 1 aliphatic rings. The van der Waals surface area contributed by atoms with Crippen LogP contribution in [0.1, 0.15) is 43.0 Å². The molecule has 0 aliphatic heterocycles. The summed E-state index contributed by atoms with van der Waals surface area (Å²) in [5.74, 6) is -0.412. The predicted octanol–water partition coefficient (Wildman–Crippen LogP) is 1.91. The second kappa shape index (κ2) is 8.33. The Labute approximate surface area is 148 Å². The SMILES string of the molecule is CC1CCC(NC(=O)COC(=O)c2ccccc2NS(C)(=O)=O)CC1. The van der Waals surface area contributed by atoms with Crippen LogP contribution in [0.2, 0.25) is 0 Å². The second-order valence-electron chi connectivity index (χ2n) is 6.52. The third kappa shape index (κ3) is 6.38. The lowest BCUT2D eigenvalue weighted by Crippen LogP contribution is -2.39. The molecule has 1 aromatic carbocycles. The molecule has 0 bridgehead atoms. The van der Waals surface area contributed by atoms with Crippen LogP contribution in [0.3, 0.4) is 0 Å². The summed E-state index contributed by atoms with van der Waals surface area (Å²) in [6.45, 7) is 1.81. The van der Waals surface area contributed by atoms with Crippen molar-refractivity contribution in [2.75, 3.05) is 17.6 Å². The van der Waals surface area contributed by atoms with Gasteiger partial charge in [0, 0.05) is 6.04 Å². The highest BCUT2D eigenvalue weighted by molar-refractivity contribution is 7.92. The summed E-state index contributed by atoms with van der Waals surface area (Å²) in [6, 6.07) is 6.22. The fourth-order valence-electron chi connectivity index (χ4n) is 2.83. The van der Waals surface area contributed by atoms with Gasteiger partial charge in [0.1, 0.15) is 0 Å². The number of hydrogen-bond donors (Lipinski definition) is 2. The molecule has 0 spiro atoms. The molecule has 2 N–H and O–H groups in total. The van der Waals surface area contributed by atoms with Gasteiger partial charge >= 0.3 is 5.97 Å². The maximum Gasteiger partial charge on any atom is 0.340 e. The Hall–Kier alpha value is -2.09. The number of carbonyl (C=O) groups is 2. The van der Waals surface area contributed by atoms with E-state index in [4.69, 9.17) is 4.74 Å². The van der Waals surface area contributed by atoms with Gasteiger partial charge in [-0.2, -0.15) is 0 Å². The fourth-order valence-corrected chi connectivity index (χ4v) is 3.41. The first-order chi connectivity index (χ1) is 11.7. The third-order valence-electron chi connectivity index (χ3n) is 4.16. The lowest BCUT2D eigenvalue weighted by atomic mass is 9.87. The maximum absolute atomic E-state index is 12.2. The van der Waals surface area contributed by atoms with Crippen LogP contribution in [0.25, 0.3) is 0 Å². The predicted molar refractivity (Wildman–Crippen MR) is 94.8 cm³/mol. The molecule has 138 valence electrons. The van der Waals surface area contributed by atoms with Gasteiger partial charge in [0.05, 0.1) is 17.5 Å². The molecule has 1 amide bonds. The van der Waals surface area contributed by atoms with Crippen LogP contribution < -0.4 is 10.0 Å². The first kappa shape index (κ1) is 19.2. The smallest absolute Gasteiger partial charge is 0.340 e. The molecule has 1 aliphatic carbocycles. The van der Waals surface area contributed by atoms with E-state index in [-0.39, 0.29) is 23.2 Å². The Bertz CT molecular complexity index is 724. The minimum absolute atomic E-state index is 0.0622. The number of benzene rings is 1. The van der Waals surface area contributed by atoms with E-state index in [1.807, 2.05) is 0 Å². The molecule has 0 aromatic heterocycles. The van der Waals surface area contributed by atoms with Crippen molar-refractivity contribution in [3.05, 3.63) is 29.8 Å². The van der Waals surface area contributed by atoms with E-state index in [1.54, 1.807) is 12.1 Å². The van der Waals surface area contributed by atoms with Gasteiger partial charge in [0.2, 0.25) is 10.0 Å². The van der Waals surface area contributed by atoms with E-state index in [0.29, 0.717) is 5.92 Å². The van der Waals surface area contributed by atoms with Gasteiger partial charge in [-0.25, -0.2) is 13.2 Å². The summed E-state index contributed by atoms with van der Waals surface area (Å²) in [7, 11) is -3.53. The number of amides is 1. The summed E-state index contributed by atoms with van der Waals surface area (Å²) in [4.78, 5) is 24.1. The lowest BCUT2D eigenvalue weighted by molar-refractivity contribution is -0.125. The Morgan fingerprint density at radius 2 is 1.80 bits per heavy atom. The molecule has 1 fully saturated rings. The van der Waals surface area contributed by atoms with Gasteiger partial charge in [-0.15, -0.1) is 0 Å². The zero-order valence-corrected chi connectivity index (χ0v) is 15.3. The zero-order chi connectivity index (χ0) is 18.4. The van der Waals surface area contributed by atoms with Crippen LogP contribution in [-0.2, 0) is 19.6 Å². The Morgan fingerprint density at radius 3 is 2.44 bits per heavy atom. The summed E-state index contributed by atoms with van der Waals surface area (Å²) in [6.07, 6.45) is 5.02. The molecule has 0 radical (unpaired) electrons. The summed E-state index contributed by atoms with van der Waals surface area (Å²) in [5, 5.41) is 2.87. The van der Waals surface area contributed by atoms with Crippen LogP contribution in [0.5, 0.6) is 0 Å². The number of hydrogen-bond acceptors (Lipinski definition) is 5. The van der Waals surface area contributed by atoms with E-state index in [2.05, 4.69) is 17.0 Å². The van der Waals surface area contributed by atoms with Gasteiger partial charge in [-0.1, -0.05) is 19.1 Å². The summed E-state index contributed by atoms with van der Waals surface area (Å²) >= 11 is 0. The van der Waals surface area contributed by atoms with Crippen LogP contribution in [-0.4, -0.2) is 39.2 Å². The van der Waals surface area contributed by atoms with Crippen LogP contribution in [0, 0.1) is 5.92 Å². The number of anilines is 1. The monoisotopic (exact) mass is 368 g/mol. The van der Waals surface area contributed by atoms with Crippen LogP contribution >= 0.6 is 0 Å². The van der Waals surface area contributed by atoms with Gasteiger partial charge in [0.25, 0.3) is 5.91 Å². The molecule has 25 heavy (non-hydrogen) atoms. The Balaban J connectivity index is 1.89. The molecule has 8 heteroatoms. The van der Waals surface area contributed by atoms with Crippen molar-refractivity contribution in [2.24, 2.45) is 5.92 Å². The van der Waals surface area contributed by atoms with Crippen molar-refractivity contribution in [2.45, 2.75) is 38.6 Å². The molecule has 2 rings (SSSR count). The molecule has 1 aromatic rings. The fraction of sp³-hybridized carbons (Fsp3) is 0.529. The molecule has 0 saturated heterocycles. The Morgan fingerprint density at radius 1 is 1.16 bits per heavy atom. The van der Waals surface area contributed by atoms with E-state index >= 15 is 0 Å². The van der Waals surface area contributed by atoms with E-state index in [0.717, 1.165) is 31.9 Å². The number of carbonyl (C=O) groups excluding carboxylic acids is 2. The van der Waals surface area contributed by atoms with Crippen molar-refractivity contribution in [3.63, 3.8) is 0 Å². The highest BCUT2D eigenvalue weighted by atomic mass is 32.2. The standard InChI is InChI=1S/C17H24N2O5S/c1-12-7-9-13(10-8-12)18-16(20)11-24-17(21)14-5-3-4-6-15(14)19-25(2,22)23/h3-6,12-13,19H,7-11H2,1-2H3,(H,18,20). The molecule has 1 saturated carbocycles. The number of para-hydroxylation sites is 1. The van der Waals surface area contributed by atoms with Gasteiger partial charge < -0.3 is 10.1 Å². The summed E-state index contributed by atoms with van der Waals surface area (Å²) < 4.78 is 30.0. The van der Waals surface area contributed by atoms with E-state index < -0.39 is 22.6 Å². The minimum atomic E-state index is -3.53. The quantitative estimate of drug-likeness (QED) is 0.747. The van der Waals surface area contributed by atoms with Crippen LogP contribution in [0.4, 0.5) is 5.69 Å². The minimum Gasteiger partial charge on any atom is -0.452 e. The average Bonchev–Trinajstić information content (AvgIpc) is 2.54. The molecule has 0 atom stereocenters. The number of esters is 1. The zero-order valence-electron chi connectivity index (χ0n) is 14.4. The van der Waals surface area contributed by atoms with E-state index in [9.17, 15) is 18.0 Å². The number of nitrogens with one attached hydrogen (secondary N) is 2. The molecular weight excluding hydrogens is 344 g/mol. The van der Waals surface area contributed by atoms with Crippen molar-refractivity contribution in [3.8, 4) is 0 Å². The normalized spacial score (nSPS) is 20.6. The lowest BCUT2D eigenvalue weighted by Gasteiger charge is -2.26. The first-order valence-electron chi connectivity index (χ1n) is 8.28.